The minimum atomic E-state index is 0.722. The molecule has 2 aromatic rings. The summed E-state index contributed by atoms with van der Waals surface area (Å²) in [6.07, 6.45) is 2.91. The molecule has 0 aliphatic rings. The fourth-order valence-electron chi connectivity index (χ4n) is 1.41. The van der Waals surface area contributed by atoms with Crippen LogP contribution in [0.4, 0.5) is 5.69 Å². The lowest BCUT2D eigenvalue weighted by Crippen LogP contribution is -1.97. The molecule has 1 aromatic heterocycles. The highest BCUT2D eigenvalue weighted by Crippen LogP contribution is 2.26. The molecular formula is C12H12BrClN2S. The largest absolute Gasteiger partial charge is 0.379 e. The van der Waals surface area contributed by atoms with E-state index in [1.807, 2.05) is 24.4 Å². The molecule has 2 nitrogen and oxygen atoms in total. The third-order valence-corrected chi connectivity index (χ3v) is 4.24. The number of nitrogens with zero attached hydrogens (tertiary/aromatic N) is 1. The first kappa shape index (κ1) is 12.9. The van der Waals surface area contributed by atoms with E-state index in [4.69, 9.17) is 11.6 Å². The number of hydrogen-bond acceptors (Lipinski definition) is 3. The number of aromatic nitrogens is 1. The predicted molar refractivity (Wildman–Crippen MR) is 78.0 cm³/mol. The number of benzene rings is 1. The van der Waals surface area contributed by atoms with Crippen LogP contribution in [0.2, 0.25) is 5.02 Å². The Bertz CT molecular complexity index is 513. The number of thiazole rings is 1. The van der Waals surface area contributed by atoms with Crippen LogP contribution in [0.1, 0.15) is 16.8 Å². The maximum absolute atomic E-state index is 6.12. The topological polar surface area (TPSA) is 24.9 Å². The van der Waals surface area contributed by atoms with E-state index in [1.54, 1.807) is 11.3 Å². The summed E-state index contributed by atoms with van der Waals surface area (Å²) in [5.74, 6) is 0. The van der Waals surface area contributed by atoms with Crippen molar-refractivity contribution in [2.75, 3.05) is 5.32 Å². The van der Waals surface area contributed by atoms with Crippen molar-refractivity contribution in [3.05, 3.63) is 43.8 Å². The van der Waals surface area contributed by atoms with E-state index in [1.165, 1.54) is 9.88 Å². The van der Waals surface area contributed by atoms with Gasteiger partial charge in [-0.25, -0.2) is 4.98 Å². The second-order valence-corrected chi connectivity index (χ2v) is 6.07. The summed E-state index contributed by atoms with van der Waals surface area (Å²) in [4.78, 5) is 5.54. The fourth-order valence-corrected chi connectivity index (χ4v) is 2.95. The van der Waals surface area contributed by atoms with Crippen molar-refractivity contribution in [2.24, 2.45) is 0 Å². The van der Waals surface area contributed by atoms with Gasteiger partial charge in [0.2, 0.25) is 0 Å². The van der Waals surface area contributed by atoms with Crippen molar-refractivity contribution in [3.8, 4) is 0 Å². The van der Waals surface area contributed by atoms with Gasteiger partial charge in [-0.1, -0.05) is 34.5 Å². The Balaban J connectivity index is 2.02. The van der Waals surface area contributed by atoms with Gasteiger partial charge in [-0.05, 0) is 24.6 Å². The van der Waals surface area contributed by atoms with E-state index in [0.29, 0.717) is 0 Å². The summed E-state index contributed by atoms with van der Waals surface area (Å²) in [7, 11) is 0. The van der Waals surface area contributed by atoms with Crippen LogP contribution < -0.4 is 5.32 Å². The smallest absolute Gasteiger partial charge is 0.0925 e. The molecule has 0 bridgehead atoms. The van der Waals surface area contributed by atoms with E-state index < -0.39 is 0 Å². The molecule has 1 N–H and O–H groups in total. The number of halogens is 2. The Morgan fingerprint density at radius 1 is 1.47 bits per heavy atom. The Morgan fingerprint density at radius 3 is 2.94 bits per heavy atom. The first-order chi connectivity index (χ1) is 8.19. The minimum Gasteiger partial charge on any atom is -0.379 e. The molecule has 2 rings (SSSR count). The minimum absolute atomic E-state index is 0.722. The Hall–Kier alpha value is -0.580. The average molecular weight is 332 g/mol. The van der Waals surface area contributed by atoms with E-state index in [9.17, 15) is 0 Å². The van der Waals surface area contributed by atoms with Gasteiger partial charge in [0.05, 0.1) is 22.3 Å². The zero-order chi connectivity index (χ0) is 12.3. The zero-order valence-electron chi connectivity index (χ0n) is 9.34. The number of nitrogens with one attached hydrogen (secondary N) is 1. The van der Waals surface area contributed by atoms with Gasteiger partial charge in [0.25, 0.3) is 0 Å². The first-order valence-electron chi connectivity index (χ1n) is 5.31. The normalized spacial score (nSPS) is 10.5. The SMILES string of the molecule is CCc1ncc(CNc2ccc(Br)cc2Cl)s1. The number of rotatable bonds is 4. The third kappa shape index (κ3) is 3.44. The number of hydrogen-bond donors (Lipinski definition) is 1. The van der Waals surface area contributed by atoms with Crippen molar-refractivity contribution in [3.63, 3.8) is 0 Å². The molecule has 0 spiro atoms. The second kappa shape index (κ2) is 5.85. The van der Waals surface area contributed by atoms with Gasteiger partial charge in [0.15, 0.2) is 0 Å². The molecule has 0 aliphatic carbocycles. The molecule has 0 amide bonds. The molecule has 1 heterocycles. The van der Waals surface area contributed by atoms with Crippen LogP contribution in [-0.2, 0) is 13.0 Å². The number of anilines is 1. The zero-order valence-corrected chi connectivity index (χ0v) is 12.5. The molecule has 0 saturated heterocycles. The van der Waals surface area contributed by atoms with Gasteiger partial charge in [-0.3, -0.25) is 0 Å². The summed E-state index contributed by atoms with van der Waals surface area (Å²) < 4.78 is 0.985. The van der Waals surface area contributed by atoms with Gasteiger partial charge < -0.3 is 5.32 Å². The Morgan fingerprint density at radius 2 is 2.29 bits per heavy atom. The fraction of sp³-hybridized carbons (Fsp3) is 0.250. The van der Waals surface area contributed by atoms with Crippen molar-refractivity contribution < 1.29 is 0 Å². The molecule has 0 saturated carbocycles. The summed E-state index contributed by atoms with van der Waals surface area (Å²) in [6, 6.07) is 5.82. The standard InChI is InChI=1S/C12H12BrClN2S/c1-2-12-16-7-9(17-12)6-15-11-4-3-8(13)5-10(11)14/h3-5,7,15H,2,6H2,1H3. The monoisotopic (exact) mass is 330 g/mol. The lowest BCUT2D eigenvalue weighted by atomic mass is 10.3. The molecule has 0 unspecified atom stereocenters. The van der Waals surface area contributed by atoms with Crippen LogP contribution in [0.3, 0.4) is 0 Å². The van der Waals surface area contributed by atoms with E-state index in [2.05, 4.69) is 33.2 Å². The van der Waals surface area contributed by atoms with E-state index >= 15 is 0 Å². The maximum atomic E-state index is 6.12. The number of aryl methyl sites for hydroxylation is 1. The summed E-state index contributed by atoms with van der Waals surface area (Å²) in [6.45, 7) is 2.88. The van der Waals surface area contributed by atoms with Gasteiger partial charge in [0, 0.05) is 15.5 Å². The summed E-state index contributed by atoms with van der Waals surface area (Å²) in [5.41, 5.74) is 0.946. The van der Waals surface area contributed by atoms with Crippen LogP contribution in [0.5, 0.6) is 0 Å². The van der Waals surface area contributed by atoms with Crippen LogP contribution in [-0.4, -0.2) is 4.98 Å². The van der Waals surface area contributed by atoms with E-state index in [0.717, 1.165) is 28.1 Å². The highest BCUT2D eigenvalue weighted by molar-refractivity contribution is 9.10. The molecule has 0 atom stereocenters. The van der Waals surface area contributed by atoms with Gasteiger partial charge in [-0.2, -0.15) is 0 Å². The predicted octanol–water partition coefficient (Wildman–Crippen LogP) is 4.73. The first-order valence-corrected chi connectivity index (χ1v) is 7.30. The quantitative estimate of drug-likeness (QED) is 0.875. The average Bonchev–Trinajstić information content (AvgIpc) is 2.76. The van der Waals surface area contributed by atoms with Crippen LogP contribution >= 0.6 is 38.9 Å². The molecular weight excluding hydrogens is 320 g/mol. The van der Waals surface area contributed by atoms with Crippen molar-refractivity contribution in [2.45, 2.75) is 19.9 Å². The lowest BCUT2D eigenvalue weighted by Gasteiger charge is -2.06. The third-order valence-electron chi connectivity index (χ3n) is 2.29. The van der Waals surface area contributed by atoms with Crippen molar-refractivity contribution in [1.29, 1.82) is 0 Å². The van der Waals surface area contributed by atoms with Gasteiger partial charge >= 0.3 is 0 Å². The van der Waals surface area contributed by atoms with E-state index in [-0.39, 0.29) is 0 Å². The molecule has 5 heteroatoms. The molecule has 17 heavy (non-hydrogen) atoms. The van der Waals surface area contributed by atoms with Gasteiger partial charge in [-0.15, -0.1) is 11.3 Å². The van der Waals surface area contributed by atoms with Gasteiger partial charge in [0.1, 0.15) is 0 Å². The molecule has 0 fully saturated rings. The molecule has 1 aromatic carbocycles. The Kier molecular flexibility index (Phi) is 4.42. The maximum Gasteiger partial charge on any atom is 0.0925 e. The lowest BCUT2D eigenvalue weighted by molar-refractivity contribution is 1.09. The van der Waals surface area contributed by atoms with Crippen molar-refractivity contribution in [1.82, 2.24) is 4.98 Å². The van der Waals surface area contributed by atoms with Crippen LogP contribution in [0.25, 0.3) is 0 Å². The molecule has 0 radical (unpaired) electrons. The summed E-state index contributed by atoms with van der Waals surface area (Å²) in [5, 5.41) is 5.20. The molecule has 0 aliphatic heterocycles. The summed E-state index contributed by atoms with van der Waals surface area (Å²) >= 11 is 11.2. The Labute approximate surface area is 118 Å². The van der Waals surface area contributed by atoms with Crippen molar-refractivity contribution >= 4 is 44.6 Å². The van der Waals surface area contributed by atoms with Crippen LogP contribution in [0.15, 0.2) is 28.9 Å². The second-order valence-electron chi connectivity index (χ2n) is 3.55. The van der Waals surface area contributed by atoms with Crippen LogP contribution in [0, 0.1) is 0 Å². The highest BCUT2D eigenvalue weighted by atomic mass is 79.9. The highest BCUT2D eigenvalue weighted by Gasteiger charge is 2.03. The molecule has 90 valence electrons.